The first-order chi connectivity index (χ1) is 7.35. The fourth-order valence-corrected chi connectivity index (χ4v) is 1.68. The quantitative estimate of drug-likeness (QED) is 0.588. The Kier molecular flexibility index (Phi) is 2.78. The zero-order valence-corrected chi connectivity index (χ0v) is 8.87. The summed E-state index contributed by atoms with van der Waals surface area (Å²) in [5, 5.41) is 4.87. The number of anilines is 1. The molecule has 1 aromatic rings. The van der Waals surface area contributed by atoms with Crippen molar-refractivity contribution in [2.45, 2.75) is 6.04 Å². The molecule has 0 amide bonds. The number of benzene rings is 1. The van der Waals surface area contributed by atoms with Gasteiger partial charge in [0.25, 0.3) is 0 Å². The summed E-state index contributed by atoms with van der Waals surface area (Å²) in [5.74, 6) is 0. The third-order valence-corrected chi connectivity index (χ3v) is 2.54. The SMILES string of the molecule is NC=C(C=S)C1C=Nc2ccccc2N1. The Morgan fingerprint density at radius 2 is 2.27 bits per heavy atom. The number of hydrogen-bond donors (Lipinski definition) is 2. The van der Waals surface area contributed by atoms with E-state index in [1.165, 1.54) is 6.20 Å². The molecule has 0 aromatic heterocycles. The minimum Gasteiger partial charge on any atom is -0.404 e. The van der Waals surface area contributed by atoms with Gasteiger partial charge in [-0.05, 0) is 12.1 Å². The molecule has 0 saturated carbocycles. The number of nitrogens with one attached hydrogen (secondary N) is 1. The number of fused-ring (bicyclic) bond motifs is 1. The Balaban J connectivity index is 2.30. The maximum Gasteiger partial charge on any atom is 0.0892 e. The van der Waals surface area contributed by atoms with Gasteiger partial charge in [0, 0.05) is 23.4 Å². The second kappa shape index (κ2) is 4.23. The number of nitrogens with zero attached hydrogens (tertiary/aromatic N) is 1. The van der Waals surface area contributed by atoms with E-state index in [1.807, 2.05) is 30.5 Å². The molecule has 0 fully saturated rings. The molecule has 1 heterocycles. The van der Waals surface area contributed by atoms with Crippen LogP contribution in [0.3, 0.4) is 0 Å². The predicted octanol–water partition coefficient (Wildman–Crippen LogP) is 2.03. The Morgan fingerprint density at radius 1 is 1.47 bits per heavy atom. The number of hydrogen-bond acceptors (Lipinski definition) is 4. The molecule has 15 heavy (non-hydrogen) atoms. The van der Waals surface area contributed by atoms with E-state index in [-0.39, 0.29) is 6.04 Å². The third-order valence-electron chi connectivity index (χ3n) is 2.27. The topological polar surface area (TPSA) is 50.4 Å². The molecular formula is C11H11N3S. The van der Waals surface area contributed by atoms with Crippen molar-refractivity contribution in [1.82, 2.24) is 0 Å². The summed E-state index contributed by atoms with van der Waals surface area (Å²) in [6.07, 6.45) is 3.31. The van der Waals surface area contributed by atoms with Crippen molar-refractivity contribution in [3.05, 3.63) is 36.0 Å². The van der Waals surface area contributed by atoms with Crippen LogP contribution in [0.5, 0.6) is 0 Å². The Labute approximate surface area is 93.7 Å². The monoisotopic (exact) mass is 217 g/mol. The fraction of sp³-hybridized carbons (Fsp3) is 0.0909. The summed E-state index contributed by atoms with van der Waals surface area (Å²) in [6, 6.07) is 7.83. The highest BCUT2D eigenvalue weighted by Crippen LogP contribution is 2.28. The van der Waals surface area contributed by atoms with Gasteiger partial charge in [0.2, 0.25) is 0 Å². The van der Waals surface area contributed by atoms with Gasteiger partial charge >= 0.3 is 0 Å². The first-order valence-corrected chi connectivity index (χ1v) is 5.09. The lowest BCUT2D eigenvalue weighted by molar-refractivity contribution is 1.12. The van der Waals surface area contributed by atoms with Crippen LogP contribution in [0.4, 0.5) is 11.4 Å². The molecule has 1 aliphatic heterocycles. The van der Waals surface area contributed by atoms with Gasteiger partial charge in [-0.3, -0.25) is 4.99 Å². The Bertz CT molecular complexity index is 437. The maximum absolute atomic E-state index is 5.47. The zero-order valence-electron chi connectivity index (χ0n) is 8.05. The molecule has 3 nitrogen and oxygen atoms in total. The molecule has 4 heteroatoms. The molecule has 1 aromatic carbocycles. The van der Waals surface area contributed by atoms with Crippen LogP contribution in [0.2, 0.25) is 0 Å². The molecule has 1 atom stereocenters. The molecule has 76 valence electrons. The molecule has 1 aliphatic rings. The number of para-hydroxylation sites is 2. The van der Waals surface area contributed by atoms with Crippen LogP contribution in [-0.4, -0.2) is 17.6 Å². The highest BCUT2D eigenvalue weighted by molar-refractivity contribution is 7.79. The van der Waals surface area contributed by atoms with Crippen molar-refractivity contribution < 1.29 is 0 Å². The summed E-state index contributed by atoms with van der Waals surface area (Å²) in [6.45, 7) is 0. The molecule has 0 bridgehead atoms. The standard InChI is InChI=1S/C11H11N3S/c12-5-8(7-15)11-6-13-9-3-1-2-4-10(9)14-11/h1-7,11,14H,12H2. The summed E-state index contributed by atoms with van der Waals surface area (Å²) in [7, 11) is 0. The minimum absolute atomic E-state index is 0.0256. The van der Waals surface area contributed by atoms with Crippen LogP contribution < -0.4 is 11.1 Å². The number of rotatable bonds is 2. The summed E-state index contributed by atoms with van der Waals surface area (Å²) in [4.78, 5) is 4.34. The van der Waals surface area contributed by atoms with Crippen molar-refractivity contribution in [3.63, 3.8) is 0 Å². The van der Waals surface area contributed by atoms with Crippen molar-refractivity contribution >= 4 is 35.2 Å². The van der Waals surface area contributed by atoms with Gasteiger partial charge in [-0.2, -0.15) is 0 Å². The molecule has 3 N–H and O–H groups in total. The second-order valence-electron chi connectivity index (χ2n) is 3.20. The summed E-state index contributed by atoms with van der Waals surface area (Å²) >= 11 is 4.88. The number of thiocarbonyl (C=S) groups is 1. The summed E-state index contributed by atoms with van der Waals surface area (Å²) in [5.41, 5.74) is 8.26. The van der Waals surface area contributed by atoms with Gasteiger partial charge in [0.05, 0.1) is 17.4 Å². The van der Waals surface area contributed by atoms with Gasteiger partial charge < -0.3 is 11.1 Å². The van der Waals surface area contributed by atoms with Gasteiger partial charge in [-0.1, -0.05) is 24.4 Å². The van der Waals surface area contributed by atoms with E-state index in [1.54, 1.807) is 5.37 Å². The first-order valence-electron chi connectivity index (χ1n) is 4.62. The minimum atomic E-state index is -0.0256. The predicted molar refractivity (Wildman–Crippen MR) is 67.9 cm³/mol. The normalized spacial score (nSPS) is 19.2. The molecule has 0 aliphatic carbocycles. The Hall–Kier alpha value is -1.68. The maximum atomic E-state index is 5.47. The average Bonchev–Trinajstić information content (AvgIpc) is 2.30. The first kappa shape index (κ1) is 9.86. The van der Waals surface area contributed by atoms with Crippen molar-refractivity contribution in [2.24, 2.45) is 10.7 Å². The highest BCUT2D eigenvalue weighted by Gasteiger charge is 2.15. The van der Waals surface area contributed by atoms with Crippen molar-refractivity contribution in [1.29, 1.82) is 0 Å². The number of nitrogens with two attached hydrogens (primary N) is 1. The second-order valence-corrected chi connectivity index (χ2v) is 3.44. The van der Waals surface area contributed by atoms with E-state index < -0.39 is 0 Å². The summed E-state index contributed by atoms with van der Waals surface area (Å²) < 4.78 is 0. The van der Waals surface area contributed by atoms with E-state index in [9.17, 15) is 0 Å². The lowest BCUT2D eigenvalue weighted by Gasteiger charge is -2.21. The van der Waals surface area contributed by atoms with Crippen LogP contribution in [0.1, 0.15) is 0 Å². The number of aliphatic imine (C=N–C) groups is 1. The molecule has 0 spiro atoms. The van der Waals surface area contributed by atoms with Gasteiger partial charge in [0.15, 0.2) is 0 Å². The van der Waals surface area contributed by atoms with E-state index in [4.69, 9.17) is 18.0 Å². The van der Waals surface area contributed by atoms with Crippen molar-refractivity contribution in [3.8, 4) is 0 Å². The average molecular weight is 217 g/mol. The van der Waals surface area contributed by atoms with E-state index in [2.05, 4.69) is 10.3 Å². The smallest absolute Gasteiger partial charge is 0.0892 e. The van der Waals surface area contributed by atoms with Crippen molar-refractivity contribution in [2.75, 3.05) is 5.32 Å². The fourth-order valence-electron chi connectivity index (χ4n) is 1.45. The van der Waals surface area contributed by atoms with E-state index >= 15 is 0 Å². The van der Waals surface area contributed by atoms with Crippen LogP contribution in [-0.2, 0) is 0 Å². The molecule has 0 radical (unpaired) electrons. The lowest BCUT2D eigenvalue weighted by Crippen LogP contribution is -2.27. The van der Waals surface area contributed by atoms with Gasteiger partial charge in [-0.15, -0.1) is 0 Å². The molecule has 2 rings (SSSR count). The highest BCUT2D eigenvalue weighted by atomic mass is 32.1. The van der Waals surface area contributed by atoms with E-state index in [0.717, 1.165) is 16.9 Å². The third kappa shape index (κ3) is 1.89. The molecule has 0 saturated heterocycles. The van der Waals surface area contributed by atoms with Crippen LogP contribution in [0.25, 0.3) is 0 Å². The zero-order chi connectivity index (χ0) is 10.7. The van der Waals surface area contributed by atoms with Gasteiger partial charge in [0.1, 0.15) is 0 Å². The molecular weight excluding hydrogens is 206 g/mol. The largest absolute Gasteiger partial charge is 0.404 e. The van der Waals surface area contributed by atoms with Crippen LogP contribution in [0, 0.1) is 0 Å². The van der Waals surface area contributed by atoms with E-state index in [0.29, 0.717) is 0 Å². The Morgan fingerprint density at radius 3 is 3.00 bits per heavy atom. The lowest BCUT2D eigenvalue weighted by atomic mass is 10.1. The van der Waals surface area contributed by atoms with Gasteiger partial charge in [-0.25, -0.2) is 0 Å². The van der Waals surface area contributed by atoms with Crippen LogP contribution >= 0.6 is 12.2 Å². The molecule has 1 unspecified atom stereocenters. The van der Waals surface area contributed by atoms with Crippen LogP contribution in [0.15, 0.2) is 41.0 Å².